The highest BCUT2D eigenvalue weighted by Crippen LogP contribution is 2.11. The molecule has 0 spiro atoms. The maximum atomic E-state index is 11.7. The van der Waals surface area contributed by atoms with Crippen LogP contribution < -0.4 is 5.32 Å². The molecule has 1 heterocycles. The Labute approximate surface area is 126 Å². The summed E-state index contributed by atoms with van der Waals surface area (Å²) in [5, 5.41) is 3.76. The molecule has 2 rings (SSSR count). The average molecular weight is 295 g/mol. The molecule has 0 bridgehead atoms. The second kappa shape index (κ2) is 8.28. The van der Waals surface area contributed by atoms with Crippen molar-refractivity contribution in [3.05, 3.63) is 34.9 Å². The van der Waals surface area contributed by atoms with Crippen LogP contribution in [0, 0.1) is 0 Å². The van der Waals surface area contributed by atoms with Crippen LogP contribution in [0.4, 0.5) is 0 Å². The van der Waals surface area contributed by atoms with E-state index in [1.165, 1.54) is 31.5 Å². The minimum atomic E-state index is 0.165. The Morgan fingerprint density at radius 2 is 1.90 bits per heavy atom. The summed E-state index contributed by atoms with van der Waals surface area (Å²) < 4.78 is 0. The minimum absolute atomic E-state index is 0.165. The number of halogens is 1. The first-order valence-corrected chi connectivity index (χ1v) is 7.85. The largest absolute Gasteiger partial charge is 0.355 e. The smallest absolute Gasteiger partial charge is 0.220 e. The molecule has 0 aromatic heterocycles. The summed E-state index contributed by atoms with van der Waals surface area (Å²) in [5.74, 6) is 0.165. The predicted molar refractivity (Wildman–Crippen MR) is 83.1 cm³/mol. The number of hydrogen-bond donors (Lipinski definition) is 1. The Morgan fingerprint density at radius 3 is 2.60 bits per heavy atom. The standard InChI is InChI=1S/C16H23ClN2O/c17-15-8-6-14(7-9-15)4-3-5-16(20)18-10-13-19-11-1-2-12-19/h6-9H,1-5,10-13H2,(H,18,20). The predicted octanol–water partition coefficient (Wildman–Crippen LogP) is 2.87. The summed E-state index contributed by atoms with van der Waals surface area (Å²) in [6.07, 6.45) is 5.01. The molecule has 1 amide bonds. The Hall–Kier alpha value is -1.06. The molecule has 0 atom stereocenters. The van der Waals surface area contributed by atoms with E-state index in [2.05, 4.69) is 10.2 Å². The first kappa shape index (κ1) is 15.3. The number of aryl methyl sites for hydroxylation is 1. The lowest BCUT2D eigenvalue weighted by atomic mass is 10.1. The topological polar surface area (TPSA) is 32.3 Å². The third kappa shape index (κ3) is 5.51. The highest BCUT2D eigenvalue weighted by molar-refractivity contribution is 6.30. The highest BCUT2D eigenvalue weighted by atomic mass is 35.5. The number of carbonyl (C=O) groups is 1. The zero-order valence-electron chi connectivity index (χ0n) is 11.9. The van der Waals surface area contributed by atoms with Crippen molar-refractivity contribution in [1.29, 1.82) is 0 Å². The van der Waals surface area contributed by atoms with Gasteiger partial charge in [-0.3, -0.25) is 4.79 Å². The summed E-state index contributed by atoms with van der Waals surface area (Å²) in [6, 6.07) is 7.83. The number of carbonyl (C=O) groups excluding carboxylic acids is 1. The van der Waals surface area contributed by atoms with Gasteiger partial charge in [0, 0.05) is 24.5 Å². The van der Waals surface area contributed by atoms with E-state index in [9.17, 15) is 4.79 Å². The first-order valence-electron chi connectivity index (χ1n) is 7.47. The Bertz CT molecular complexity index is 413. The van der Waals surface area contributed by atoms with Gasteiger partial charge in [-0.15, -0.1) is 0 Å². The number of nitrogens with one attached hydrogen (secondary N) is 1. The summed E-state index contributed by atoms with van der Waals surface area (Å²) >= 11 is 5.84. The molecule has 3 nitrogen and oxygen atoms in total. The number of rotatable bonds is 7. The lowest BCUT2D eigenvalue weighted by molar-refractivity contribution is -0.121. The normalized spacial score (nSPS) is 15.4. The fraction of sp³-hybridized carbons (Fsp3) is 0.562. The lowest BCUT2D eigenvalue weighted by Gasteiger charge is -2.14. The molecule has 0 aliphatic carbocycles. The quantitative estimate of drug-likeness (QED) is 0.839. The molecule has 1 aromatic carbocycles. The fourth-order valence-electron chi connectivity index (χ4n) is 2.55. The van der Waals surface area contributed by atoms with E-state index in [1.807, 2.05) is 24.3 Å². The maximum absolute atomic E-state index is 11.7. The van der Waals surface area contributed by atoms with Crippen LogP contribution in [0.25, 0.3) is 0 Å². The van der Waals surface area contributed by atoms with Crippen LogP contribution in [0.3, 0.4) is 0 Å². The Morgan fingerprint density at radius 1 is 1.20 bits per heavy atom. The van der Waals surface area contributed by atoms with Gasteiger partial charge in [-0.05, 0) is 56.5 Å². The van der Waals surface area contributed by atoms with Crippen molar-refractivity contribution in [3.63, 3.8) is 0 Å². The summed E-state index contributed by atoms with van der Waals surface area (Å²) in [5.41, 5.74) is 1.24. The molecular weight excluding hydrogens is 272 g/mol. The summed E-state index contributed by atoms with van der Waals surface area (Å²) in [7, 11) is 0. The molecule has 4 heteroatoms. The summed E-state index contributed by atoms with van der Waals surface area (Å²) in [6.45, 7) is 4.14. The molecule has 1 aliphatic rings. The minimum Gasteiger partial charge on any atom is -0.355 e. The highest BCUT2D eigenvalue weighted by Gasteiger charge is 2.10. The molecular formula is C16H23ClN2O. The van der Waals surface area contributed by atoms with Crippen molar-refractivity contribution in [2.45, 2.75) is 32.1 Å². The Balaban J connectivity index is 1.54. The van der Waals surface area contributed by atoms with Crippen molar-refractivity contribution >= 4 is 17.5 Å². The first-order chi connectivity index (χ1) is 9.74. The van der Waals surface area contributed by atoms with Gasteiger partial charge >= 0.3 is 0 Å². The van der Waals surface area contributed by atoms with Crippen LogP contribution in [0.2, 0.25) is 5.02 Å². The zero-order chi connectivity index (χ0) is 14.2. The average Bonchev–Trinajstić information content (AvgIpc) is 2.94. The third-order valence-electron chi connectivity index (χ3n) is 3.73. The molecule has 1 N–H and O–H groups in total. The van der Waals surface area contributed by atoms with E-state index in [1.54, 1.807) is 0 Å². The van der Waals surface area contributed by atoms with Gasteiger partial charge in [0.05, 0.1) is 0 Å². The van der Waals surface area contributed by atoms with Crippen LogP contribution in [0.5, 0.6) is 0 Å². The van der Waals surface area contributed by atoms with Crippen LogP contribution in [-0.4, -0.2) is 37.0 Å². The van der Waals surface area contributed by atoms with Crippen molar-refractivity contribution in [2.75, 3.05) is 26.2 Å². The van der Waals surface area contributed by atoms with E-state index in [-0.39, 0.29) is 5.91 Å². The van der Waals surface area contributed by atoms with Crippen molar-refractivity contribution in [3.8, 4) is 0 Å². The van der Waals surface area contributed by atoms with Crippen molar-refractivity contribution in [1.82, 2.24) is 10.2 Å². The molecule has 110 valence electrons. The van der Waals surface area contributed by atoms with Crippen LogP contribution in [-0.2, 0) is 11.2 Å². The van der Waals surface area contributed by atoms with E-state index in [0.717, 1.165) is 31.0 Å². The lowest BCUT2D eigenvalue weighted by Crippen LogP contribution is -2.33. The molecule has 20 heavy (non-hydrogen) atoms. The number of benzene rings is 1. The number of nitrogens with zero attached hydrogens (tertiary/aromatic N) is 1. The molecule has 1 fully saturated rings. The second-order valence-corrected chi connectivity index (χ2v) is 5.82. The third-order valence-corrected chi connectivity index (χ3v) is 3.98. The van der Waals surface area contributed by atoms with E-state index in [0.29, 0.717) is 6.42 Å². The van der Waals surface area contributed by atoms with E-state index < -0.39 is 0 Å². The number of hydrogen-bond acceptors (Lipinski definition) is 2. The monoisotopic (exact) mass is 294 g/mol. The van der Waals surface area contributed by atoms with Gasteiger partial charge in [0.1, 0.15) is 0 Å². The van der Waals surface area contributed by atoms with Gasteiger partial charge < -0.3 is 10.2 Å². The number of likely N-dealkylation sites (tertiary alicyclic amines) is 1. The van der Waals surface area contributed by atoms with Gasteiger partial charge in [-0.25, -0.2) is 0 Å². The SMILES string of the molecule is O=C(CCCc1ccc(Cl)cc1)NCCN1CCCC1. The van der Waals surface area contributed by atoms with Crippen molar-refractivity contribution < 1.29 is 4.79 Å². The Kier molecular flexibility index (Phi) is 6.34. The fourth-order valence-corrected chi connectivity index (χ4v) is 2.68. The van der Waals surface area contributed by atoms with Gasteiger partial charge in [0.2, 0.25) is 5.91 Å². The van der Waals surface area contributed by atoms with E-state index in [4.69, 9.17) is 11.6 Å². The van der Waals surface area contributed by atoms with Crippen molar-refractivity contribution in [2.24, 2.45) is 0 Å². The molecule has 0 unspecified atom stereocenters. The molecule has 1 saturated heterocycles. The second-order valence-electron chi connectivity index (χ2n) is 5.38. The van der Waals surface area contributed by atoms with Gasteiger partial charge in [0.15, 0.2) is 0 Å². The van der Waals surface area contributed by atoms with Gasteiger partial charge in [-0.2, -0.15) is 0 Å². The maximum Gasteiger partial charge on any atom is 0.220 e. The molecule has 0 radical (unpaired) electrons. The molecule has 0 saturated carbocycles. The number of amides is 1. The molecule has 1 aromatic rings. The van der Waals surface area contributed by atoms with Crippen LogP contribution >= 0.6 is 11.6 Å². The van der Waals surface area contributed by atoms with Crippen LogP contribution in [0.15, 0.2) is 24.3 Å². The zero-order valence-corrected chi connectivity index (χ0v) is 12.7. The summed E-state index contributed by atoms with van der Waals surface area (Å²) in [4.78, 5) is 14.1. The molecule has 1 aliphatic heterocycles. The van der Waals surface area contributed by atoms with Gasteiger partial charge in [-0.1, -0.05) is 23.7 Å². The van der Waals surface area contributed by atoms with Gasteiger partial charge in [0.25, 0.3) is 0 Å². The van der Waals surface area contributed by atoms with E-state index >= 15 is 0 Å². The van der Waals surface area contributed by atoms with Crippen LogP contribution in [0.1, 0.15) is 31.2 Å².